The number of hydrogen-bond acceptors (Lipinski definition) is 3. The largest absolute Gasteiger partial charge is 0.466 e. The molecule has 1 heterocycles. The number of esters is 1. The molecule has 2 atom stereocenters. The van der Waals surface area contributed by atoms with Crippen LogP contribution in [0, 0.1) is 0 Å². The standard InChI is InChI=1S/C17H28O3/c1-6-17(4)15(20-17)11-10-13(2)8-7-9-14(3)12-16(18)19-5/h8,12,15H,6-7,9-11H2,1-5H3/b13-8+,14-12+. The Kier molecular flexibility index (Phi) is 6.47. The van der Waals surface area contributed by atoms with E-state index in [1.807, 2.05) is 6.92 Å². The van der Waals surface area contributed by atoms with Crippen LogP contribution < -0.4 is 0 Å². The predicted molar refractivity (Wildman–Crippen MR) is 81.6 cm³/mol. The van der Waals surface area contributed by atoms with E-state index in [0.717, 1.165) is 37.7 Å². The van der Waals surface area contributed by atoms with Crippen LogP contribution in [0.5, 0.6) is 0 Å². The fourth-order valence-electron chi connectivity index (χ4n) is 2.31. The molecule has 3 heteroatoms. The minimum Gasteiger partial charge on any atom is -0.466 e. The van der Waals surface area contributed by atoms with E-state index in [9.17, 15) is 4.79 Å². The highest BCUT2D eigenvalue weighted by molar-refractivity contribution is 5.82. The number of hydrogen-bond donors (Lipinski definition) is 0. The first-order valence-electron chi connectivity index (χ1n) is 7.50. The van der Waals surface area contributed by atoms with Crippen LogP contribution in [0.4, 0.5) is 0 Å². The highest BCUT2D eigenvalue weighted by Gasteiger charge is 2.49. The SMILES string of the molecule is CCC1(C)OC1CC/C(C)=C/CC/C(C)=C/C(=O)OC. The second-order valence-corrected chi connectivity index (χ2v) is 5.91. The van der Waals surface area contributed by atoms with Crippen LogP contribution in [-0.2, 0) is 14.3 Å². The van der Waals surface area contributed by atoms with Gasteiger partial charge < -0.3 is 9.47 Å². The summed E-state index contributed by atoms with van der Waals surface area (Å²) in [5, 5.41) is 0. The van der Waals surface area contributed by atoms with E-state index in [0.29, 0.717) is 6.10 Å². The van der Waals surface area contributed by atoms with Gasteiger partial charge in [0.05, 0.1) is 18.8 Å². The Morgan fingerprint density at radius 1 is 1.30 bits per heavy atom. The first kappa shape index (κ1) is 17.0. The average Bonchev–Trinajstić information content (AvgIpc) is 3.08. The summed E-state index contributed by atoms with van der Waals surface area (Å²) in [4.78, 5) is 11.1. The molecule has 0 spiro atoms. The van der Waals surface area contributed by atoms with Gasteiger partial charge in [-0.05, 0) is 52.9 Å². The Labute approximate surface area is 123 Å². The zero-order valence-electron chi connectivity index (χ0n) is 13.5. The lowest BCUT2D eigenvalue weighted by molar-refractivity contribution is -0.134. The first-order valence-corrected chi connectivity index (χ1v) is 7.50. The Morgan fingerprint density at radius 2 is 2.00 bits per heavy atom. The predicted octanol–water partition coefficient (Wildman–Crippen LogP) is 4.18. The third-order valence-corrected chi connectivity index (χ3v) is 4.14. The van der Waals surface area contributed by atoms with E-state index in [4.69, 9.17) is 4.74 Å². The second-order valence-electron chi connectivity index (χ2n) is 5.91. The Balaban J connectivity index is 2.22. The molecule has 20 heavy (non-hydrogen) atoms. The van der Waals surface area contributed by atoms with Crippen molar-refractivity contribution < 1.29 is 14.3 Å². The van der Waals surface area contributed by atoms with Crippen LogP contribution in [0.2, 0.25) is 0 Å². The zero-order chi connectivity index (χ0) is 15.2. The van der Waals surface area contributed by atoms with Gasteiger partial charge in [-0.25, -0.2) is 4.79 Å². The highest BCUT2D eigenvalue weighted by atomic mass is 16.6. The molecule has 0 radical (unpaired) electrons. The Morgan fingerprint density at radius 3 is 2.55 bits per heavy atom. The second kappa shape index (κ2) is 7.63. The summed E-state index contributed by atoms with van der Waals surface area (Å²) in [5.41, 5.74) is 2.61. The average molecular weight is 280 g/mol. The van der Waals surface area contributed by atoms with Crippen LogP contribution >= 0.6 is 0 Å². The number of epoxide rings is 1. The minimum atomic E-state index is -0.270. The summed E-state index contributed by atoms with van der Waals surface area (Å²) in [5.74, 6) is -0.270. The number of rotatable bonds is 8. The van der Waals surface area contributed by atoms with Crippen LogP contribution in [0.15, 0.2) is 23.3 Å². The van der Waals surface area contributed by atoms with E-state index in [1.165, 1.54) is 12.7 Å². The van der Waals surface area contributed by atoms with Crippen LogP contribution in [-0.4, -0.2) is 24.8 Å². The number of carbonyl (C=O) groups excluding carboxylic acids is 1. The lowest BCUT2D eigenvalue weighted by Crippen LogP contribution is -2.07. The maximum atomic E-state index is 11.1. The van der Waals surface area contributed by atoms with Crippen LogP contribution in [0.1, 0.15) is 59.8 Å². The smallest absolute Gasteiger partial charge is 0.330 e. The quantitative estimate of drug-likeness (QED) is 0.290. The maximum Gasteiger partial charge on any atom is 0.330 e. The topological polar surface area (TPSA) is 38.8 Å². The maximum absolute atomic E-state index is 11.1. The molecule has 1 fully saturated rings. The summed E-state index contributed by atoms with van der Waals surface area (Å²) >= 11 is 0. The minimum absolute atomic E-state index is 0.139. The van der Waals surface area contributed by atoms with Gasteiger partial charge in [0.1, 0.15) is 0 Å². The van der Waals surface area contributed by atoms with Gasteiger partial charge in [0.25, 0.3) is 0 Å². The molecule has 0 aliphatic carbocycles. The van der Waals surface area contributed by atoms with E-state index < -0.39 is 0 Å². The summed E-state index contributed by atoms with van der Waals surface area (Å²) in [6.45, 7) is 8.51. The van der Waals surface area contributed by atoms with Gasteiger partial charge in [0, 0.05) is 6.08 Å². The van der Waals surface area contributed by atoms with Crippen molar-refractivity contribution in [2.24, 2.45) is 0 Å². The lowest BCUT2D eigenvalue weighted by atomic mass is 9.99. The van der Waals surface area contributed by atoms with Crippen molar-refractivity contribution in [1.29, 1.82) is 0 Å². The number of allylic oxidation sites excluding steroid dienone is 3. The van der Waals surface area contributed by atoms with Gasteiger partial charge in [-0.2, -0.15) is 0 Å². The molecule has 2 unspecified atom stereocenters. The molecule has 0 amide bonds. The van der Waals surface area contributed by atoms with Gasteiger partial charge in [-0.3, -0.25) is 0 Å². The van der Waals surface area contributed by atoms with Gasteiger partial charge in [-0.15, -0.1) is 0 Å². The van der Waals surface area contributed by atoms with E-state index in [-0.39, 0.29) is 11.6 Å². The molecule has 0 aromatic carbocycles. The lowest BCUT2D eigenvalue weighted by Gasteiger charge is -2.03. The molecule has 3 nitrogen and oxygen atoms in total. The third kappa shape index (κ3) is 5.49. The number of methoxy groups -OCH3 is 1. The fourth-order valence-corrected chi connectivity index (χ4v) is 2.31. The molecule has 1 saturated heterocycles. The number of carbonyl (C=O) groups is 1. The summed E-state index contributed by atoms with van der Waals surface area (Å²) in [7, 11) is 1.40. The van der Waals surface area contributed by atoms with Crippen molar-refractivity contribution >= 4 is 5.97 Å². The van der Waals surface area contributed by atoms with Crippen LogP contribution in [0.3, 0.4) is 0 Å². The molecular weight excluding hydrogens is 252 g/mol. The molecule has 1 aliphatic rings. The zero-order valence-corrected chi connectivity index (χ0v) is 13.5. The normalized spacial score (nSPS) is 26.6. The van der Waals surface area contributed by atoms with Gasteiger partial charge in [-0.1, -0.05) is 24.1 Å². The monoisotopic (exact) mass is 280 g/mol. The van der Waals surface area contributed by atoms with Crippen molar-refractivity contribution in [3.63, 3.8) is 0 Å². The molecule has 0 aromatic heterocycles. The van der Waals surface area contributed by atoms with Crippen molar-refractivity contribution in [3.05, 3.63) is 23.3 Å². The Hall–Kier alpha value is -1.09. The van der Waals surface area contributed by atoms with Crippen LogP contribution in [0.25, 0.3) is 0 Å². The van der Waals surface area contributed by atoms with E-state index in [1.54, 1.807) is 6.08 Å². The van der Waals surface area contributed by atoms with E-state index in [2.05, 4.69) is 31.6 Å². The molecule has 0 N–H and O–H groups in total. The summed E-state index contributed by atoms with van der Waals surface area (Å²) in [6.07, 6.45) is 9.45. The first-order chi connectivity index (χ1) is 9.41. The molecule has 114 valence electrons. The molecular formula is C17H28O3. The van der Waals surface area contributed by atoms with Crippen molar-refractivity contribution in [2.75, 3.05) is 7.11 Å². The molecule has 0 aromatic rings. The van der Waals surface area contributed by atoms with Gasteiger partial charge in [0.15, 0.2) is 0 Å². The third-order valence-electron chi connectivity index (χ3n) is 4.14. The molecule has 1 aliphatic heterocycles. The van der Waals surface area contributed by atoms with Gasteiger partial charge >= 0.3 is 5.97 Å². The fraction of sp³-hybridized carbons (Fsp3) is 0.706. The van der Waals surface area contributed by atoms with Crippen molar-refractivity contribution in [2.45, 2.75) is 71.5 Å². The molecule has 0 saturated carbocycles. The van der Waals surface area contributed by atoms with Crippen molar-refractivity contribution in [3.8, 4) is 0 Å². The summed E-state index contributed by atoms with van der Waals surface area (Å²) < 4.78 is 10.3. The van der Waals surface area contributed by atoms with Crippen molar-refractivity contribution in [1.82, 2.24) is 0 Å². The van der Waals surface area contributed by atoms with Gasteiger partial charge in [0.2, 0.25) is 0 Å². The summed E-state index contributed by atoms with van der Waals surface area (Å²) in [6, 6.07) is 0. The number of ether oxygens (including phenoxy) is 2. The highest BCUT2D eigenvalue weighted by Crippen LogP contribution is 2.42. The molecule has 1 rings (SSSR count). The van der Waals surface area contributed by atoms with E-state index >= 15 is 0 Å². The molecule has 0 bridgehead atoms. The Bertz CT molecular complexity index is 395.